The minimum atomic E-state index is -0.336. The Bertz CT molecular complexity index is 788. The molecule has 2 aromatic rings. The number of fused-ring (bicyclic) bond motifs is 1. The van der Waals surface area contributed by atoms with Crippen molar-refractivity contribution in [2.45, 2.75) is 32.7 Å². The predicted molar refractivity (Wildman–Crippen MR) is 94.6 cm³/mol. The second-order valence-electron chi connectivity index (χ2n) is 5.92. The fourth-order valence-electron chi connectivity index (χ4n) is 2.70. The van der Waals surface area contributed by atoms with E-state index in [0.717, 1.165) is 42.7 Å². The van der Waals surface area contributed by atoms with Gasteiger partial charge in [-0.2, -0.15) is 0 Å². The van der Waals surface area contributed by atoms with Gasteiger partial charge in [0, 0.05) is 27.1 Å². The molecule has 0 aromatic carbocycles. The lowest BCUT2D eigenvalue weighted by molar-refractivity contribution is 0.387. The Morgan fingerprint density at radius 1 is 1.09 bits per heavy atom. The SMILES string of the molecule is CCc1nc2c(c(=O)n(C)c(=O)n2C)n1CCCCN(C)C.Cl. The minimum absolute atomic E-state index is 0. The normalized spacial score (nSPS) is 11.2. The Balaban J connectivity index is 0.00000264. The zero-order chi connectivity index (χ0) is 16.4. The Kier molecular flexibility index (Phi) is 6.58. The lowest BCUT2D eigenvalue weighted by Crippen LogP contribution is -2.37. The first-order chi connectivity index (χ1) is 10.4. The van der Waals surface area contributed by atoms with Crippen LogP contribution in [0, 0.1) is 0 Å². The van der Waals surface area contributed by atoms with Crippen LogP contribution in [0.5, 0.6) is 0 Å². The molecule has 0 bridgehead atoms. The number of imidazole rings is 1. The molecule has 0 aliphatic carbocycles. The van der Waals surface area contributed by atoms with Gasteiger partial charge in [-0.1, -0.05) is 6.92 Å². The second kappa shape index (κ2) is 7.79. The molecule has 0 amide bonds. The van der Waals surface area contributed by atoms with E-state index in [1.54, 1.807) is 7.05 Å². The third kappa shape index (κ3) is 3.67. The van der Waals surface area contributed by atoms with Gasteiger partial charge in [0.15, 0.2) is 11.2 Å². The van der Waals surface area contributed by atoms with Gasteiger partial charge >= 0.3 is 5.69 Å². The van der Waals surface area contributed by atoms with E-state index in [9.17, 15) is 9.59 Å². The van der Waals surface area contributed by atoms with Crippen LogP contribution in [0.4, 0.5) is 0 Å². The highest BCUT2D eigenvalue weighted by atomic mass is 35.5. The first kappa shape index (κ1) is 19.4. The number of aryl methyl sites for hydroxylation is 3. The van der Waals surface area contributed by atoms with Crippen LogP contribution in [-0.4, -0.2) is 44.2 Å². The molecule has 2 heterocycles. The maximum Gasteiger partial charge on any atom is 0.332 e. The van der Waals surface area contributed by atoms with E-state index in [1.807, 2.05) is 11.5 Å². The molecule has 2 rings (SSSR count). The number of unbranched alkanes of at least 4 members (excludes halogenated alkanes) is 1. The van der Waals surface area contributed by atoms with Crippen LogP contribution in [-0.2, 0) is 27.1 Å². The highest BCUT2D eigenvalue weighted by Gasteiger charge is 2.17. The number of aromatic nitrogens is 4. The summed E-state index contributed by atoms with van der Waals surface area (Å²) in [6, 6.07) is 0. The number of hydrogen-bond acceptors (Lipinski definition) is 4. The summed E-state index contributed by atoms with van der Waals surface area (Å²) in [6.07, 6.45) is 2.77. The third-order valence-corrected chi connectivity index (χ3v) is 3.98. The van der Waals surface area contributed by atoms with Gasteiger partial charge in [-0.15, -0.1) is 12.4 Å². The maximum atomic E-state index is 12.5. The standard InChI is InChI=1S/C15H25N5O2.ClH/c1-6-11-16-13-12(14(21)19(5)15(22)18(13)4)20(11)10-8-7-9-17(2)3;/h6-10H2,1-5H3;1H. The van der Waals surface area contributed by atoms with E-state index in [1.165, 1.54) is 11.6 Å². The van der Waals surface area contributed by atoms with Crippen LogP contribution >= 0.6 is 12.4 Å². The topological polar surface area (TPSA) is 65.1 Å². The van der Waals surface area contributed by atoms with E-state index < -0.39 is 0 Å². The molecule has 0 spiro atoms. The maximum absolute atomic E-state index is 12.5. The molecule has 8 heteroatoms. The summed E-state index contributed by atoms with van der Waals surface area (Å²) in [5.74, 6) is 0.859. The highest BCUT2D eigenvalue weighted by molar-refractivity contribution is 5.85. The van der Waals surface area contributed by atoms with Gasteiger partial charge in [-0.3, -0.25) is 13.9 Å². The van der Waals surface area contributed by atoms with Crippen molar-refractivity contribution in [2.75, 3.05) is 20.6 Å². The monoisotopic (exact) mass is 343 g/mol. The van der Waals surface area contributed by atoms with E-state index in [4.69, 9.17) is 0 Å². The van der Waals surface area contributed by atoms with Gasteiger partial charge < -0.3 is 9.47 Å². The summed E-state index contributed by atoms with van der Waals surface area (Å²) in [4.78, 5) is 31.1. The molecule has 23 heavy (non-hydrogen) atoms. The average molecular weight is 344 g/mol. The molecule has 0 saturated heterocycles. The quantitative estimate of drug-likeness (QED) is 0.726. The minimum Gasteiger partial charge on any atom is -0.322 e. The Morgan fingerprint density at radius 2 is 1.74 bits per heavy atom. The van der Waals surface area contributed by atoms with Crippen molar-refractivity contribution in [2.24, 2.45) is 14.1 Å². The van der Waals surface area contributed by atoms with E-state index >= 15 is 0 Å². The average Bonchev–Trinajstić information content (AvgIpc) is 2.86. The Hall–Kier alpha value is -1.60. The summed E-state index contributed by atoms with van der Waals surface area (Å²) in [5.41, 5.74) is 0.416. The molecular formula is C15H26ClN5O2. The van der Waals surface area contributed by atoms with Crippen molar-refractivity contribution >= 4 is 23.6 Å². The van der Waals surface area contributed by atoms with E-state index in [0.29, 0.717) is 11.2 Å². The second-order valence-corrected chi connectivity index (χ2v) is 5.92. The largest absolute Gasteiger partial charge is 0.332 e. The van der Waals surface area contributed by atoms with Crippen molar-refractivity contribution in [3.8, 4) is 0 Å². The Morgan fingerprint density at radius 3 is 2.30 bits per heavy atom. The molecular weight excluding hydrogens is 318 g/mol. The van der Waals surface area contributed by atoms with Crippen molar-refractivity contribution in [1.82, 2.24) is 23.6 Å². The molecule has 0 unspecified atom stereocenters. The summed E-state index contributed by atoms with van der Waals surface area (Å²) >= 11 is 0. The molecule has 0 aliphatic rings. The molecule has 0 fully saturated rings. The first-order valence-corrected chi connectivity index (χ1v) is 7.68. The predicted octanol–water partition coefficient (Wildman–Crippen LogP) is 0.760. The Labute approximate surface area is 141 Å². The van der Waals surface area contributed by atoms with E-state index in [2.05, 4.69) is 24.0 Å². The summed E-state index contributed by atoms with van der Waals surface area (Å²) in [7, 11) is 7.28. The fourth-order valence-corrected chi connectivity index (χ4v) is 2.70. The van der Waals surface area contributed by atoms with Crippen LogP contribution in [0.1, 0.15) is 25.6 Å². The molecule has 7 nitrogen and oxygen atoms in total. The van der Waals surface area contributed by atoms with Crippen molar-refractivity contribution in [1.29, 1.82) is 0 Å². The van der Waals surface area contributed by atoms with Gasteiger partial charge in [0.25, 0.3) is 5.56 Å². The summed E-state index contributed by atoms with van der Waals surface area (Å²) < 4.78 is 4.58. The molecule has 130 valence electrons. The number of rotatable bonds is 6. The van der Waals surface area contributed by atoms with Crippen LogP contribution in [0.2, 0.25) is 0 Å². The van der Waals surface area contributed by atoms with Gasteiger partial charge in [0.2, 0.25) is 0 Å². The lowest BCUT2D eigenvalue weighted by atomic mass is 10.3. The van der Waals surface area contributed by atoms with Crippen LogP contribution in [0.3, 0.4) is 0 Å². The van der Waals surface area contributed by atoms with Crippen LogP contribution in [0.15, 0.2) is 9.59 Å². The zero-order valence-corrected chi connectivity index (χ0v) is 15.3. The highest BCUT2D eigenvalue weighted by Crippen LogP contribution is 2.13. The van der Waals surface area contributed by atoms with Crippen molar-refractivity contribution in [3.05, 3.63) is 26.7 Å². The van der Waals surface area contributed by atoms with Crippen LogP contribution < -0.4 is 11.2 Å². The van der Waals surface area contributed by atoms with E-state index in [-0.39, 0.29) is 23.7 Å². The van der Waals surface area contributed by atoms with Gasteiger partial charge in [0.05, 0.1) is 0 Å². The molecule has 0 aliphatic heterocycles. The molecule has 0 radical (unpaired) electrons. The van der Waals surface area contributed by atoms with Gasteiger partial charge in [-0.05, 0) is 33.5 Å². The lowest BCUT2D eigenvalue weighted by Gasteiger charge is -2.11. The van der Waals surface area contributed by atoms with Crippen LogP contribution in [0.25, 0.3) is 11.2 Å². The van der Waals surface area contributed by atoms with Gasteiger partial charge in [0.1, 0.15) is 5.82 Å². The van der Waals surface area contributed by atoms with Crippen molar-refractivity contribution in [3.63, 3.8) is 0 Å². The fraction of sp³-hybridized carbons (Fsp3) is 0.667. The molecule has 0 saturated carbocycles. The molecule has 0 atom stereocenters. The summed E-state index contributed by atoms with van der Waals surface area (Å²) in [5, 5.41) is 0. The number of hydrogen-bond donors (Lipinski definition) is 0. The smallest absolute Gasteiger partial charge is 0.322 e. The number of halogens is 1. The molecule has 0 N–H and O–H groups in total. The first-order valence-electron chi connectivity index (χ1n) is 7.68. The number of nitrogens with zero attached hydrogens (tertiary/aromatic N) is 5. The third-order valence-electron chi connectivity index (χ3n) is 3.98. The van der Waals surface area contributed by atoms with Crippen molar-refractivity contribution < 1.29 is 0 Å². The molecule has 2 aromatic heterocycles. The zero-order valence-electron chi connectivity index (χ0n) is 14.5. The summed E-state index contributed by atoms with van der Waals surface area (Å²) in [6.45, 7) is 3.78. The van der Waals surface area contributed by atoms with Gasteiger partial charge in [-0.25, -0.2) is 9.78 Å².